The fourth-order valence-electron chi connectivity index (χ4n) is 2.82. The van der Waals surface area contributed by atoms with E-state index in [1.807, 2.05) is 0 Å². The van der Waals surface area contributed by atoms with Gasteiger partial charge < -0.3 is 15.2 Å². The van der Waals surface area contributed by atoms with Crippen molar-refractivity contribution in [1.82, 2.24) is 0 Å². The van der Waals surface area contributed by atoms with Crippen LogP contribution in [0, 0.1) is 11.8 Å². The minimum absolute atomic E-state index is 0.0510. The van der Waals surface area contributed by atoms with Gasteiger partial charge in [0.25, 0.3) is 0 Å². The summed E-state index contributed by atoms with van der Waals surface area (Å²) in [6.45, 7) is 0.0510. The molecule has 2 N–H and O–H groups in total. The zero-order valence-corrected chi connectivity index (χ0v) is 14.9. The molecular weight excluding hydrogens is 346 g/mol. The smallest absolute Gasteiger partial charge is 0.306 e. The molecule has 0 aromatic heterocycles. The van der Waals surface area contributed by atoms with Gasteiger partial charge in [0, 0.05) is 23.9 Å². The van der Waals surface area contributed by atoms with Crippen molar-refractivity contribution in [2.24, 2.45) is 11.8 Å². The quantitative estimate of drug-likeness (QED) is 0.760. The summed E-state index contributed by atoms with van der Waals surface area (Å²) < 4.78 is 27.6. The molecule has 0 aliphatic heterocycles. The Balaban J connectivity index is 1.87. The summed E-state index contributed by atoms with van der Waals surface area (Å²) >= 11 is 0. The van der Waals surface area contributed by atoms with Crippen molar-refractivity contribution < 1.29 is 27.9 Å². The topological polar surface area (TPSA) is 110 Å². The highest BCUT2D eigenvalue weighted by Crippen LogP contribution is 2.30. The number of amides is 1. The van der Waals surface area contributed by atoms with Gasteiger partial charge in [0.1, 0.15) is 12.4 Å². The van der Waals surface area contributed by atoms with Gasteiger partial charge in [0.15, 0.2) is 9.84 Å². The lowest BCUT2D eigenvalue weighted by Gasteiger charge is -2.25. The zero-order chi connectivity index (χ0) is 18.4. The van der Waals surface area contributed by atoms with E-state index in [1.165, 1.54) is 0 Å². The standard InChI is InChI=1S/C17H23NO6S/c1-25(22,23)10-9-24-15-4-2-3-14(11-15)18-16(19)12-5-7-13(8-6-12)17(20)21/h2-4,11-13H,5-10H2,1H3,(H,18,19)(H,20,21). The Bertz CT molecular complexity index is 722. The molecule has 0 atom stereocenters. The number of sulfone groups is 1. The second-order valence-electron chi connectivity index (χ2n) is 6.38. The van der Waals surface area contributed by atoms with E-state index in [0.29, 0.717) is 37.1 Å². The molecular formula is C17H23NO6S. The average Bonchev–Trinajstić information content (AvgIpc) is 2.54. The molecule has 1 fully saturated rings. The SMILES string of the molecule is CS(=O)(=O)CCOc1cccc(NC(=O)C2CCC(C(=O)O)CC2)c1. The van der Waals surface area contributed by atoms with Gasteiger partial charge in [-0.2, -0.15) is 0 Å². The molecule has 0 spiro atoms. The Morgan fingerprint density at radius 1 is 1.20 bits per heavy atom. The number of carboxylic acids is 1. The largest absolute Gasteiger partial charge is 0.492 e. The summed E-state index contributed by atoms with van der Waals surface area (Å²) in [4.78, 5) is 23.3. The lowest BCUT2D eigenvalue weighted by Crippen LogP contribution is -2.29. The van der Waals surface area contributed by atoms with Crippen LogP contribution in [0.5, 0.6) is 5.75 Å². The molecule has 1 aliphatic rings. The third kappa shape index (κ3) is 6.38. The Labute approximate surface area is 147 Å². The Morgan fingerprint density at radius 2 is 1.84 bits per heavy atom. The van der Waals surface area contributed by atoms with E-state index in [4.69, 9.17) is 9.84 Å². The van der Waals surface area contributed by atoms with Crippen molar-refractivity contribution in [3.8, 4) is 5.75 Å². The van der Waals surface area contributed by atoms with Crippen LogP contribution in [0.4, 0.5) is 5.69 Å². The van der Waals surface area contributed by atoms with Crippen molar-refractivity contribution >= 4 is 27.4 Å². The highest BCUT2D eigenvalue weighted by atomic mass is 32.2. The minimum Gasteiger partial charge on any atom is -0.492 e. The van der Waals surface area contributed by atoms with Gasteiger partial charge >= 0.3 is 5.97 Å². The first kappa shape index (κ1) is 19.2. The number of rotatable bonds is 7. The molecule has 1 amide bonds. The van der Waals surface area contributed by atoms with Gasteiger partial charge in [0.2, 0.25) is 5.91 Å². The van der Waals surface area contributed by atoms with Crippen LogP contribution in [-0.4, -0.2) is 44.0 Å². The van der Waals surface area contributed by atoms with Crippen molar-refractivity contribution in [1.29, 1.82) is 0 Å². The summed E-state index contributed by atoms with van der Waals surface area (Å²) in [6.07, 6.45) is 3.30. The molecule has 0 bridgehead atoms. The number of anilines is 1. The van der Waals surface area contributed by atoms with Crippen molar-refractivity contribution in [3.63, 3.8) is 0 Å². The van der Waals surface area contributed by atoms with E-state index in [-0.39, 0.29) is 30.1 Å². The number of hydrogen-bond acceptors (Lipinski definition) is 5. The molecule has 1 saturated carbocycles. The summed E-state index contributed by atoms with van der Waals surface area (Å²) in [6, 6.07) is 6.77. The first-order valence-electron chi connectivity index (χ1n) is 8.19. The molecule has 0 heterocycles. The predicted octanol–water partition coefficient (Wildman–Crippen LogP) is 1.94. The Hall–Kier alpha value is -2.09. The molecule has 1 aliphatic carbocycles. The van der Waals surface area contributed by atoms with Crippen LogP contribution >= 0.6 is 0 Å². The molecule has 0 saturated heterocycles. The average molecular weight is 369 g/mol. The van der Waals surface area contributed by atoms with Crippen LogP contribution in [0.25, 0.3) is 0 Å². The van der Waals surface area contributed by atoms with E-state index >= 15 is 0 Å². The molecule has 0 unspecified atom stereocenters. The maximum Gasteiger partial charge on any atom is 0.306 e. The number of benzene rings is 1. The van der Waals surface area contributed by atoms with Gasteiger partial charge in [-0.3, -0.25) is 9.59 Å². The van der Waals surface area contributed by atoms with E-state index < -0.39 is 15.8 Å². The third-order valence-corrected chi connectivity index (χ3v) is 5.18. The first-order chi connectivity index (χ1) is 11.7. The fraction of sp³-hybridized carbons (Fsp3) is 0.529. The molecule has 1 aromatic carbocycles. The van der Waals surface area contributed by atoms with Crippen molar-refractivity contribution in [3.05, 3.63) is 24.3 Å². The van der Waals surface area contributed by atoms with Crippen LogP contribution in [0.1, 0.15) is 25.7 Å². The van der Waals surface area contributed by atoms with Crippen LogP contribution in [0.15, 0.2) is 24.3 Å². The number of carboxylic acid groups (broad SMARTS) is 1. The van der Waals surface area contributed by atoms with Crippen molar-refractivity contribution in [2.75, 3.05) is 23.9 Å². The van der Waals surface area contributed by atoms with Crippen LogP contribution in [0.3, 0.4) is 0 Å². The number of ether oxygens (including phenoxy) is 1. The number of carbonyl (C=O) groups excluding carboxylic acids is 1. The van der Waals surface area contributed by atoms with Crippen LogP contribution in [-0.2, 0) is 19.4 Å². The number of hydrogen-bond donors (Lipinski definition) is 2. The van der Waals surface area contributed by atoms with Gasteiger partial charge in [-0.1, -0.05) is 6.07 Å². The summed E-state index contributed by atoms with van der Waals surface area (Å²) in [5, 5.41) is 11.8. The Morgan fingerprint density at radius 3 is 2.44 bits per heavy atom. The van der Waals surface area contributed by atoms with E-state index in [0.717, 1.165) is 6.26 Å². The van der Waals surface area contributed by atoms with E-state index in [9.17, 15) is 18.0 Å². The summed E-state index contributed by atoms with van der Waals surface area (Å²) in [5.41, 5.74) is 0.571. The number of aliphatic carboxylic acids is 1. The molecule has 138 valence electrons. The van der Waals surface area contributed by atoms with E-state index in [2.05, 4.69) is 5.32 Å². The highest BCUT2D eigenvalue weighted by Gasteiger charge is 2.29. The molecule has 1 aromatic rings. The second kappa shape index (κ2) is 8.33. The van der Waals surface area contributed by atoms with Crippen LogP contribution in [0.2, 0.25) is 0 Å². The first-order valence-corrected chi connectivity index (χ1v) is 10.2. The van der Waals surface area contributed by atoms with Gasteiger partial charge in [-0.25, -0.2) is 8.42 Å². The van der Waals surface area contributed by atoms with Crippen LogP contribution < -0.4 is 10.1 Å². The zero-order valence-electron chi connectivity index (χ0n) is 14.1. The molecule has 2 rings (SSSR count). The van der Waals surface area contributed by atoms with E-state index in [1.54, 1.807) is 24.3 Å². The molecule has 0 radical (unpaired) electrons. The lowest BCUT2D eigenvalue weighted by molar-refractivity contribution is -0.143. The summed E-state index contributed by atoms with van der Waals surface area (Å²) in [5.74, 6) is -1.05. The monoisotopic (exact) mass is 369 g/mol. The molecule has 7 nitrogen and oxygen atoms in total. The maximum absolute atomic E-state index is 12.3. The van der Waals surface area contributed by atoms with Gasteiger partial charge in [-0.05, 0) is 37.8 Å². The second-order valence-corrected chi connectivity index (χ2v) is 8.64. The van der Waals surface area contributed by atoms with Gasteiger partial charge in [-0.15, -0.1) is 0 Å². The number of carbonyl (C=O) groups is 2. The molecule has 8 heteroatoms. The third-order valence-electron chi connectivity index (χ3n) is 4.27. The predicted molar refractivity (Wildman–Crippen MR) is 93.4 cm³/mol. The molecule has 25 heavy (non-hydrogen) atoms. The normalized spacial score (nSPS) is 20.7. The minimum atomic E-state index is -3.09. The maximum atomic E-state index is 12.3. The fourth-order valence-corrected chi connectivity index (χ4v) is 3.21. The highest BCUT2D eigenvalue weighted by molar-refractivity contribution is 7.90. The summed E-state index contributed by atoms with van der Waals surface area (Å²) in [7, 11) is -3.09. The Kier molecular flexibility index (Phi) is 6.41. The van der Waals surface area contributed by atoms with Crippen molar-refractivity contribution in [2.45, 2.75) is 25.7 Å². The van der Waals surface area contributed by atoms with Gasteiger partial charge in [0.05, 0.1) is 11.7 Å². The number of nitrogens with one attached hydrogen (secondary N) is 1. The lowest BCUT2D eigenvalue weighted by atomic mass is 9.81.